The van der Waals surface area contributed by atoms with Crippen LogP contribution in [0.15, 0.2) is 55.0 Å². The molecular formula is C20H19N7. The second-order valence-corrected chi connectivity index (χ2v) is 6.80. The smallest absolute Gasteiger partial charge is 0.129 e. The van der Waals surface area contributed by atoms with Crippen molar-refractivity contribution in [1.82, 2.24) is 25.1 Å². The number of hydrogen-bond donors (Lipinski definition) is 2. The number of fused-ring (bicyclic) bond motifs is 1. The predicted octanol–water partition coefficient (Wildman–Crippen LogP) is 2.62. The number of anilines is 1. The average molecular weight is 357 g/mol. The zero-order chi connectivity index (χ0) is 18.2. The lowest BCUT2D eigenvalue weighted by molar-refractivity contribution is 0.751. The molecule has 27 heavy (non-hydrogen) atoms. The lowest BCUT2D eigenvalue weighted by Crippen LogP contribution is -2.26. The Morgan fingerprint density at radius 1 is 1.11 bits per heavy atom. The molecule has 7 nitrogen and oxygen atoms in total. The molecule has 4 aromatic heterocycles. The summed E-state index contributed by atoms with van der Waals surface area (Å²) in [6, 6.07) is 12.2. The maximum Gasteiger partial charge on any atom is 0.129 e. The van der Waals surface area contributed by atoms with Crippen molar-refractivity contribution in [3.63, 3.8) is 0 Å². The van der Waals surface area contributed by atoms with Crippen LogP contribution in [0.1, 0.15) is 6.42 Å². The van der Waals surface area contributed by atoms with Gasteiger partial charge in [-0.25, -0.2) is 4.98 Å². The first-order valence-corrected chi connectivity index (χ1v) is 9.00. The first-order valence-electron chi connectivity index (χ1n) is 9.00. The third-order valence-electron chi connectivity index (χ3n) is 4.93. The summed E-state index contributed by atoms with van der Waals surface area (Å²) in [7, 11) is 0. The molecular weight excluding hydrogens is 338 g/mol. The summed E-state index contributed by atoms with van der Waals surface area (Å²) in [5.74, 6) is 0.943. The summed E-state index contributed by atoms with van der Waals surface area (Å²) in [6.45, 7) is 1.78. The van der Waals surface area contributed by atoms with Crippen molar-refractivity contribution in [2.75, 3.05) is 18.0 Å². The molecule has 7 heteroatoms. The number of aromatic amines is 1. The molecule has 5 heterocycles. The van der Waals surface area contributed by atoms with Crippen molar-refractivity contribution in [2.24, 2.45) is 5.73 Å². The minimum atomic E-state index is 0.217. The number of aromatic nitrogens is 5. The Balaban J connectivity index is 1.57. The van der Waals surface area contributed by atoms with Gasteiger partial charge in [-0.3, -0.25) is 15.1 Å². The summed E-state index contributed by atoms with van der Waals surface area (Å²) in [6.07, 6.45) is 6.36. The van der Waals surface area contributed by atoms with Gasteiger partial charge in [-0.15, -0.1) is 0 Å². The van der Waals surface area contributed by atoms with Crippen LogP contribution >= 0.6 is 0 Å². The Morgan fingerprint density at radius 3 is 2.89 bits per heavy atom. The molecule has 0 spiro atoms. The van der Waals surface area contributed by atoms with Gasteiger partial charge in [0.25, 0.3) is 0 Å². The molecule has 4 aromatic rings. The van der Waals surface area contributed by atoms with Crippen LogP contribution in [-0.2, 0) is 0 Å². The number of nitrogens with two attached hydrogens (primary N) is 1. The van der Waals surface area contributed by atoms with Crippen LogP contribution in [0.5, 0.6) is 0 Å². The van der Waals surface area contributed by atoms with Crippen molar-refractivity contribution >= 4 is 16.7 Å². The van der Waals surface area contributed by atoms with E-state index in [1.807, 2.05) is 42.6 Å². The van der Waals surface area contributed by atoms with E-state index in [1.165, 1.54) is 0 Å². The Kier molecular flexibility index (Phi) is 3.79. The molecule has 0 bridgehead atoms. The van der Waals surface area contributed by atoms with Crippen LogP contribution < -0.4 is 10.6 Å². The van der Waals surface area contributed by atoms with E-state index in [4.69, 9.17) is 10.7 Å². The zero-order valence-corrected chi connectivity index (χ0v) is 14.7. The van der Waals surface area contributed by atoms with Crippen LogP contribution in [0.4, 0.5) is 5.82 Å². The molecule has 1 atom stereocenters. The molecule has 1 fully saturated rings. The molecule has 1 unspecified atom stereocenters. The fourth-order valence-corrected chi connectivity index (χ4v) is 3.51. The van der Waals surface area contributed by atoms with Gasteiger partial charge in [-0.1, -0.05) is 6.07 Å². The maximum atomic E-state index is 6.04. The van der Waals surface area contributed by atoms with E-state index in [9.17, 15) is 0 Å². The van der Waals surface area contributed by atoms with Gasteiger partial charge in [-0.2, -0.15) is 5.10 Å². The topological polar surface area (TPSA) is 96.6 Å². The van der Waals surface area contributed by atoms with Crippen LogP contribution in [0, 0.1) is 0 Å². The summed E-state index contributed by atoms with van der Waals surface area (Å²) in [4.78, 5) is 15.8. The average Bonchev–Trinajstić information content (AvgIpc) is 3.34. The highest BCUT2D eigenvalue weighted by molar-refractivity contribution is 5.93. The molecule has 3 N–H and O–H groups in total. The third-order valence-corrected chi connectivity index (χ3v) is 4.93. The summed E-state index contributed by atoms with van der Waals surface area (Å²) in [5, 5.41) is 8.55. The van der Waals surface area contributed by atoms with Crippen LogP contribution in [0.2, 0.25) is 0 Å². The number of nitrogens with one attached hydrogen (secondary N) is 1. The molecule has 1 aliphatic rings. The lowest BCUT2D eigenvalue weighted by atomic mass is 10.1. The summed E-state index contributed by atoms with van der Waals surface area (Å²) < 4.78 is 0. The molecule has 0 radical (unpaired) electrons. The molecule has 0 saturated carbocycles. The van der Waals surface area contributed by atoms with Crippen LogP contribution in [0.3, 0.4) is 0 Å². The Hall–Kier alpha value is -3.32. The zero-order valence-electron chi connectivity index (χ0n) is 14.7. The highest BCUT2D eigenvalue weighted by atomic mass is 15.2. The van der Waals surface area contributed by atoms with Crippen molar-refractivity contribution in [1.29, 1.82) is 0 Å². The van der Waals surface area contributed by atoms with E-state index < -0.39 is 0 Å². The number of hydrogen-bond acceptors (Lipinski definition) is 6. The SMILES string of the molecule is NC1CCN(c2cccc(-c3n[nH]c4cnc(-c5cccnc5)cc34)n2)C1. The van der Waals surface area contributed by atoms with Gasteiger partial charge in [0, 0.05) is 42.5 Å². The van der Waals surface area contributed by atoms with Gasteiger partial charge < -0.3 is 10.6 Å². The second-order valence-electron chi connectivity index (χ2n) is 6.80. The number of nitrogens with zero attached hydrogens (tertiary/aromatic N) is 5. The number of rotatable bonds is 3. The largest absolute Gasteiger partial charge is 0.355 e. The van der Waals surface area contributed by atoms with Crippen molar-refractivity contribution in [3.05, 3.63) is 55.0 Å². The maximum absolute atomic E-state index is 6.04. The molecule has 5 rings (SSSR count). The highest BCUT2D eigenvalue weighted by Gasteiger charge is 2.21. The van der Waals surface area contributed by atoms with E-state index in [0.29, 0.717) is 0 Å². The van der Waals surface area contributed by atoms with Crippen LogP contribution in [-0.4, -0.2) is 44.3 Å². The van der Waals surface area contributed by atoms with Gasteiger partial charge in [0.2, 0.25) is 0 Å². The van der Waals surface area contributed by atoms with Gasteiger partial charge in [0.05, 0.1) is 23.1 Å². The fourth-order valence-electron chi connectivity index (χ4n) is 3.51. The van der Waals surface area contributed by atoms with Crippen molar-refractivity contribution in [3.8, 4) is 22.6 Å². The molecule has 0 aromatic carbocycles. The Morgan fingerprint density at radius 2 is 2.07 bits per heavy atom. The van der Waals surface area contributed by atoms with Crippen molar-refractivity contribution in [2.45, 2.75) is 12.5 Å². The molecule has 0 amide bonds. The molecule has 1 saturated heterocycles. The van der Waals surface area contributed by atoms with Gasteiger partial charge >= 0.3 is 0 Å². The molecule has 134 valence electrons. The Labute approximate surface area is 156 Å². The fraction of sp³-hybridized carbons (Fsp3) is 0.200. The minimum absolute atomic E-state index is 0.217. The highest BCUT2D eigenvalue weighted by Crippen LogP contribution is 2.29. The molecule has 0 aliphatic carbocycles. The van der Waals surface area contributed by atoms with E-state index >= 15 is 0 Å². The van der Waals surface area contributed by atoms with E-state index in [0.717, 1.165) is 58.9 Å². The minimum Gasteiger partial charge on any atom is -0.355 e. The summed E-state index contributed by atoms with van der Waals surface area (Å²) in [5.41, 5.74) is 10.4. The lowest BCUT2D eigenvalue weighted by Gasteiger charge is -2.17. The third kappa shape index (κ3) is 2.92. The van der Waals surface area contributed by atoms with Gasteiger partial charge in [-0.05, 0) is 36.8 Å². The number of pyridine rings is 3. The monoisotopic (exact) mass is 357 g/mol. The molecule has 1 aliphatic heterocycles. The van der Waals surface area contributed by atoms with Gasteiger partial charge in [0.1, 0.15) is 11.5 Å². The van der Waals surface area contributed by atoms with Gasteiger partial charge in [0.15, 0.2) is 0 Å². The summed E-state index contributed by atoms with van der Waals surface area (Å²) >= 11 is 0. The Bertz CT molecular complexity index is 1090. The van der Waals surface area contributed by atoms with E-state index in [-0.39, 0.29) is 6.04 Å². The normalized spacial score (nSPS) is 16.9. The first-order chi connectivity index (χ1) is 13.3. The quantitative estimate of drug-likeness (QED) is 0.585. The second kappa shape index (κ2) is 6.44. The standard InChI is InChI=1S/C20H19N7/c21-14-6-8-27(12-14)19-5-1-4-16(24-19)20-15-9-17(13-3-2-7-22-10-13)23-11-18(15)25-26-20/h1-5,7,9-11,14H,6,8,12,21H2,(H,25,26). The van der Waals surface area contributed by atoms with E-state index in [1.54, 1.807) is 12.4 Å². The van der Waals surface area contributed by atoms with E-state index in [2.05, 4.69) is 25.1 Å². The first kappa shape index (κ1) is 15.9. The van der Waals surface area contributed by atoms with Crippen molar-refractivity contribution < 1.29 is 0 Å². The number of H-pyrrole nitrogens is 1. The predicted molar refractivity (Wildman–Crippen MR) is 105 cm³/mol. The van der Waals surface area contributed by atoms with Crippen LogP contribution in [0.25, 0.3) is 33.5 Å².